The smallest absolute Gasteiger partial charge is 0.197 e. The summed E-state index contributed by atoms with van der Waals surface area (Å²) in [6.45, 7) is 2.81. The van der Waals surface area contributed by atoms with Crippen molar-refractivity contribution in [3.8, 4) is 0 Å². The van der Waals surface area contributed by atoms with Crippen LogP contribution in [0.2, 0.25) is 0 Å². The van der Waals surface area contributed by atoms with Gasteiger partial charge >= 0.3 is 0 Å². The third kappa shape index (κ3) is 3.13. The molecule has 0 saturated carbocycles. The van der Waals surface area contributed by atoms with E-state index < -0.39 is 9.80 Å². The second-order valence-corrected chi connectivity index (χ2v) is 6.03. The van der Waals surface area contributed by atoms with Crippen LogP contribution in [-0.4, -0.2) is 47.7 Å². The molecule has 72 valence electrons. The molecule has 0 aliphatic carbocycles. The summed E-state index contributed by atoms with van der Waals surface area (Å²) in [5, 5.41) is 0. The number of likely N-dealkylation sites (tertiary alicyclic amines) is 1. The molecule has 1 atom stereocenters. The molecule has 1 rings (SSSR count). The Morgan fingerprint density at radius 3 is 2.42 bits per heavy atom. The Kier molecular flexibility index (Phi) is 2.81. The van der Waals surface area contributed by atoms with Crippen molar-refractivity contribution in [2.24, 2.45) is 0 Å². The molecule has 0 amide bonds. The van der Waals surface area contributed by atoms with Crippen molar-refractivity contribution in [1.82, 2.24) is 0 Å². The number of quaternary nitrogens is 1. The normalized spacial score (nSPS) is 26.8. The topological polar surface area (TPSA) is 26.3 Å². The molecule has 0 aromatic carbocycles. The van der Waals surface area contributed by atoms with Gasteiger partial charge in [-0.1, -0.05) is 0 Å². The molecule has 0 radical (unpaired) electrons. The summed E-state index contributed by atoms with van der Waals surface area (Å²) in [5.41, 5.74) is 0. The van der Waals surface area contributed by atoms with Crippen LogP contribution in [0.15, 0.2) is 0 Å². The van der Waals surface area contributed by atoms with Crippen LogP contribution in [0, 0.1) is 0 Å². The summed E-state index contributed by atoms with van der Waals surface area (Å²) < 4.78 is 17.2. The van der Waals surface area contributed by atoms with Crippen molar-refractivity contribution >= 4 is 15.7 Å². The average molecular weight is 192 g/mol. The number of hydrogen-bond donors (Lipinski definition) is 0. The Morgan fingerprint density at radius 2 is 2.00 bits per heavy atom. The standard InChI is InChI=1S/C8H18NO2S/c1-9(6-4-5-7-9)8-11-12(2,3)10/h2,4-8H2,1,3H3/q+1. The predicted octanol–water partition coefficient (Wildman–Crippen LogP) is 0.462. The van der Waals surface area contributed by atoms with Gasteiger partial charge in [0.15, 0.2) is 6.73 Å². The SMILES string of the molecule is C=S(C)(=O)OC[N+]1(C)CCCC1. The maximum atomic E-state index is 11.1. The number of nitrogens with zero attached hydrogens (tertiary/aromatic N) is 1. The molecule has 0 aromatic heterocycles. The van der Waals surface area contributed by atoms with Gasteiger partial charge in [-0.2, -0.15) is 0 Å². The van der Waals surface area contributed by atoms with Gasteiger partial charge < -0.3 is 4.48 Å². The van der Waals surface area contributed by atoms with Crippen LogP contribution in [0.5, 0.6) is 0 Å². The van der Waals surface area contributed by atoms with Gasteiger partial charge in [0.25, 0.3) is 0 Å². The van der Waals surface area contributed by atoms with Crippen LogP contribution >= 0.6 is 0 Å². The van der Waals surface area contributed by atoms with Crippen LogP contribution in [0.4, 0.5) is 0 Å². The van der Waals surface area contributed by atoms with Gasteiger partial charge in [-0.15, -0.1) is 0 Å². The van der Waals surface area contributed by atoms with Crippen molar-refractivity contribution in [3.05, 3.63) is 0 Å². The zero-order valence-corrected chi connectivity index (χ0v) is 8.73. The second-order valence-electron chi connectivity index (χ2n) is 3.95. The lowest BCUT2D eigenvalue weighted by molar-refractivity contribution is -0.912. The molecule has 1 fully saturated rings. The highest BCUT2D eigenvalue weighted by Gasteiger charge is 2.27. The Hall–Kier alpha value is -0.0600. The fourth-order valence-corrected chi connectivity index (χ4v) is 1.94. The van der Waals surface area contributed by atoms with Gasteiger partial charge in [-0.3, -0.25) is 0 Å². The minimum Gasteiger partial charge on any atom is -0.303 e. The van der Waals surface area contributed by atoms with Crippen molar-refractivity contribution in [3.63, 3.8) is 0 Å². The minimum atomic E-state index is -2.27. The molecule has 0 bridgehead atoms. The van der Waals surface area contributed by atoms with Crippen molar-refractivity contribution < 1.29 is 12.9 Å². The van der Waals surface area contributed by atoms with E-state index in [4.69, 9.17) is 4.18 Å². The molecule has 1 saturated heterocycles. The van der Waals surface area contributed by atoms with Crippen LogP contribution in [0.25, 0.3) is 0 Å². The first-order valence-electron chi connectivity index (χ1n) is 4.21. The maximum Gasteiger partial charge on any atom is 0.197 e. The summed E-state index contributed by atoms with van der Waals surface area (Å²) in [6, 6.07) is 0. The van der Waals surface area contributed by atoms with Gasteiger partial charge in [0.1, 0.15) is 0 Å². The molecule has 1 unspecified atom stereocenters. The Morgan fingerprint density at radius 1 is 1.50 bits per heavy atom. The molecule has 1 heterocycles. The molecule has 0 N–H and O–H groups in total. The molecular formula is C8H18NO2S+. The third-order valence-electron chi connectivity index (χ3n) is 2.26. The van der Waals surface area contributed by atoms with Crippen molar-refractivity contribution in [2.75, 3.05) is 33.1 Å². The minimum absolute atomic E-state index is 0.541. The van der Waals surface area contributed by atoms with E-state index in [2.05, 4.69) is 12.9 Å². The summed E-state index contributed by atoms with van der Waals surface area (Å²) >= 11 is 0. The lowest BCUT2D eigenvalue weighted by atomic mass is 10.4. The number of rotatable bonds is 3. The van der Waals surface area contributed by atoms with E-state index in [0.717, 1.165) is 17.6 Å². The highest BCUT2D eigenvalue weighted by atomic mass is 32.2. The van der Waals surface area contributed by atoms with E-state index in [1.165, 1.54) is 19.1 Å². The average Bonchev–Trinajstić information content (AvgIpc) is 2.32. The third-order valence-corrected chi connectivity index (χ3v) is 2.86. The lowest BCUT2D eigenvalue weighted by Gasteiger charge is -2.28. The molecule has 0 aromatic rings. The van der Waals surface area contributed by atoms with Gasteiger partial charge in [-0.25, -0.2) is 8.39 Å². The van der Waals surface area contributed by atoms with Crippen molar-refractivity contribution in [2.45, 2.75) is 12.8 Å². The van der Waals surface area contributed by atoms with Gasteiger partial charge in [0.2, 0.25) is 0 Å². The van der Waals surface area contributed by atoms with Crippen LogP contribution < -0.4 is 0 Å². The highest BCUT2D eigenvalue weighted by molar-refractivity contribution is 7.95. The molecule has 1 aliphatic heterocycles. The van der Waals surface area contributed by atoms with E-state index in [1.807, 2.05) is 0 Å². The quantitative estimate of drug-likeness (QED) is 0.480. The van der Waals surface area contributed by atoms with Crippen LogP contribution in [0.3, 0.4) is 0 Å². The molecule has 4 heteroatoms. The Bertz CT molecular complexity index is 240. The molecular weight excluding hydrogens is 174 g/mol. The Labute approximate surface area is 75.1 Å². The van der Waals surface area contributed by atoms with Gasteiger partial charge in [-0.05, 0) is 5.87 Å². The van der Waals surface area contributed by atoms with E-state index in [1.54, 1.807) is 0 Å². The zero-order valence-electron chi connectivity index (χ0n) is 7.91. The summed E-state index contributed by atoms with van der Waals surface area (Å²) in [7, 11) is -0.128. The van der Waals surface area contributed by atoms with Crippen LogP contribution in [0.1, 0.15) is 12.8 Å². The molecule has 12 heavy (non-hydrogen) atoms. The van der Waals surface area contributed by atoms with Crippen molar-refractivity contribution in [1.29, 1.82) is 0 Å². The highest BCUT2D eigenvalue weighted by Crippen LogP contribution is 2.16. The Balaban J connectivity index is 2.41. The predicted molar refractivity (Wildman–Crippen MR) is 52.3 cm³/mol. The fraction of sp³-hybridized carbons (Fsp3) is 0.875. The maximum absolute atomic E-state index is 11.1. The van der Waals surface area contributed by atoms with E-state index in [0.29, 0.717) is 6.73 Å². The number of hydrogen-bond acceptors (Lipinski definition) is 2. The summed E-state index contributed by atoms with van der Waals surface area (Å²) in [4.78, 5) is 0. The molecule has 0 spiro atoms. The monoisotopic (exact) mass is 192 g/mol. The first kappa shape index (κ1) is 10.0. The first-order chi connectivity index (χ1) is 5.41. The van der Waals surface area contributed by atoms with Gasteiger partial charge in [0.05, 0.1) is 29.9 Å². The largest absolute Gasteiger partial charge is 0.303 e. The zero-order chi connectivity index (χ0) is 9.24. The second kappa shape index (κ2) is 3.36. The van der Waals surface area contributed by atoms with Gasteiger partial charge in [0, 0.05) is 19.1 Å². The van der Waals surface area contributed by atoms with E-state index >= 15 is 0 Å². The summed E-state index contributed by atoms with van der Waals surface area (Å²) in [5.74, 6) is 3.46. The van der Waals surface area contributed by atoms with E-state index in [-0.39, 0.29) is 0 Å². The first-order valence-corrected chi connectivity index (χ1v) is 6.28. The fourth-order valence-electron chi connectivity index (χ4n) is 1.47. The van der Waals surface area contributed by atoms with E-state index in [9.17, 15) is 4.21 Å². The van der Waals surface area contributed by atoms with Crippen LogP contribution in [-0.2, 0) is 14.0 Å². The molecule has 3 nitrogen and oxygen atoms in total. The molecule has 1 aliphatic rings. The summed E-state index contributed by atoms with van der Waals surface area (Å²) in [6.07, 6.45) is 4.04. The lowest BCUT2D eigenvalue weighted by Crippen LogP contribution is -2.43.